The molecule has 1 nitrogen and oxygen atoms in total. The maximum absolute atomic E-state index is 8.70. The van der Waals surface area contributed by atoms with E-state index in [0.717, 1.165) is 19.3 Å². The van der Waals surface area contributed by atoms with Gasteiger partial charge in [-0.25, -0.2) is 0 Å². The fourth-order valence-electron chi connectivity index (χ4n) is 2.19. The number of hydrogen-bond donors (Lipinski definition) is 1. The summed E-state index contributed by atoms with van der Waals surface area (Å²) in [6.45, 7) is 0.329. The van der Waals surface area contributed by atoms with Crippen LogP contribution < -0.4 is 0 Å². The first-order valence-electron chi connectivity index (χ1n) is 6.49. The van der Waals surface area contributed by atoms with Gasteiger partial charge in [-0.1, -0.05) is 55.3 Å². The highest BCUT2D eigenvalue weighted by atomic mass is 16.2. The molecule has 0 aromatic heterocycles. The molecule has 90 valence electrons. The monoisotopic (exact) mass is 228 g/mol. The van der Waals surface area contributed by atoms with Crippen LogP contribution in [0.25, 0.3) is 10.8 Å². The lowest BCUT2D eigenvalue weighted by molar-refractivity contribution is 0.282. The third kappa shape index (κ3) is 3.57. The number of rotatable bonds is 6. The van der Waals surface area contributed by atoms with Crippen LogP contribution in [0.3, 0.4) is 0 Å². The van der Waals surface area contributed by atoms with E-state index in [1.165, 1.54) is 29.2 Å². The Hall–Kier alpha value is -1.34. The molecular weight excluding hydrogens is 208 g/mol. The standard InChI is InChI=1S/C16H20O/c17-12-6-2-1-3-7-14-10-11-15-8-4-5-9-16(15)13-14/h4-5,8-11,13,17H,1-3,6-7,12H2. The van der Waals surface area contributed by atoms with E-state index in [1.54, 1.807) is 0 Å². The second-order valence-electron chi connectivity index (χ2n) is 4.57. The first-order chi connectivity index (χ1) is 8.40. The van der Waals surface area contributed by atoms with E-state index in [9.17, 15) is 0 Å². The van der Waals surface area contributed by atoms with Crippen LogP contribution in [0.4, 0.5) is 0 Å². The highest BCUT2D eigenvalue weighted by Crippen LogP contribution is 2.17. The molecule has 2 rings (SSSR count). The Bertz CT molecular complexity index is 462. The molecule has 1 heteroatoms. The van der Waals surface area contributed by atoms with Crippen LogP contribution in [0.5, 0.6) is 0 Å². The molecule has 0 saturated heterocycles. The summed E-state index contributed by atoms with van der Waals surface area (Å²) < 4.78 is 0. The molecule has 17 heavy (non-hydrogen) atoms. The van der Waals surface area contributed by atoms with Crippen LogP contribution >= 0.6 is 0 Å². The zero-order valence-electron chi connectivity index (χ0n) is 10.2. The lowest BCUT2D eigenvalue weighted by atomic mass is 10.0. The van der Waals surface area contributed by atoms with Crippen LogP contribution in [0.1, 0.15) is 31.2 Å². The summed E-state index contributed by atoms with van der Waals surface area (Å²) in [5.74, 6) is 0. The number of hydrogen-bond acceptors (Lipinski definition) is 1. The number of unbranched alkanes of at least 4 members (excludes halogenated alkanes) is 3. The molecule has 0 bridgehead atoms. The Morgan fingerprint density at radius 3 is 2.35 bits per heavy atom. The molecule has 0 heterocycles. The molecule has 0 unspecified atom stereocenters. The zero-order chi connectivity index (χ0) is 11.9. The number of aryl methyl sites for hydroxylation is 1. The third-order valence-corrected chi connectivity index (χ3v) is 3.19. The topological polar surface area (TPSA) is 20.2 Å². The van der Waals surface area contributed by atoms with Gasteiger partial charge in [0.1, 0.15) is 0 Å². The van der Waals surface area contributed by atoms with Gasteiger partial charge in [-0.2, -0.15) is 0 Å². The molecule has 0 aliphatic carbocycles. The molecule has 2 aromatic rings. The summed E-state index contributed by atoms with van der Waals surface area (Å²) in [5.41, 5.74) is 1.42. The van der Waals surface area contributed by atoms with Crippen molar-refractivity contribution in [2.24, 2.45) is 0 Å². The van der Waals surface area contributed by atoms with Crippen LogP contribution in [0.2, 0.25) is 0 Å². The van der Waals surface area contributed by atoms with Gasteiger partial charge in [-0.3, -0.25) is 0 Å². The van der Waals surface area contributed by atoms with E-state index < -0.39 is 0 Å². The summed E-state index contributed by atoms with van der Waals surface area (Å²) >= 11 is 0. The Morgan fingerprint density at radius 2 is 1.53 bits per heavy atom. The van der Waals surface area contributed by atoms with Gasteiger partial charge in [0.05, 0.1) is 0 Å². The second kappa shape index (κ2) is 6.41. The van der Waals surface area contributed by atoms with Crippen molar-refractivity contribution >= 4 is 10.8 Å². The molecule has 0 aliphatic rings. The van der Waals surface area contributed by atoms with Crippen LogP contribution in [-0.4, -0.2) is 11.7 Å². The first-order valence-corrected chi connectivity index (χ1v) is 6.49. The maximum atomic E-state index is 8.70. The number of benzene rings is 2. The van der Waals surface area contributed by atoms with E-state index in [4.69, 9.17) is 5.11 Å². The zero-order valence-corrected chi connectivity index (χ0v) is 10.2. The predicted octanol–water partition coefficient (Wildman–Crippen LogP) is 3.94. The molecule has 0 amide bonds. The van der Waals surface area contributed by atoms with Crippen LogP contribution in [0.15, 0.2) is 42.5 Å². The van der Waals surface area contributed by atoms with E-state index in [1.807, 2.05) is 0 Å². The van der Waals surface area contributed by atoms with E-state index >= 15 is 0 Å². The van der Waals surface area contributed by atoms with Crippen LogP contribution in [-0.2, 0) is 6.42 Å². The van der Waals surface area contributed by atoms with Gasteiger partial charge in [-0.05, 0) is 35.6 Å². The Balaban J connectivity index is 1.90. The van der Waals surface area contributed by atoms with Gasteiger partial charge >= 0.3 is 0 Å². The average Bonchev–Trinajstić information content (AvgIpc) is 2.38. The second-order valence-corrected chi connectivity index (χ2v) is 4.57. The maximum Gasteiger partial charge on any atom is 0.0431 e. The molecular formula is C16H20O. The summed E-state index contributed by atoms with van der Waals surface area (Å²) in [6, 6.07) is 15.2. The minimum absolute atomic E-state index is 0.329. The molecule has 0 fully saturated rings. The fraction of sp³-hybridized carbons (Fsp3) is 0.375. The van der Waals surface area contributed by atoms with Gasteiger partial charge in [0.2, 0.25) is 0 Å². The predicted molar refractivity (Wildman–Crippen MR) is 73.2 cm³/mol. The van der Waals surface area contributed by atoms with Crippen molar-refractivity contribution in [2.75, 3.05) is 6.61 Å². The van der Waals surface area contributed by atoms with Gasteiger partial charge in [0, 0.05) is 6.61 Å². The number of aliphatic hydroxyl groups excluding tert-OH is 1. The summed E-state index contributed by atoms with van der Waals surface area (Å²) in [4.78, 5) is 0. The van der Waals surface area contributed by atoms with Gasteiger partial charge in [-0.15, -0.1) is 0 Å². The summed E-state index contributed by atoms with van der Waals surface area (Å²) in [7, 11) is 0. The van der Waals surface area contributed by atoms with Crippen molar-refractivity contribution in [3.63, 3.8) is 0 Å². The third-order valence-electron chi connectivity index (χ3n) is 3.19. The van der Waals surface area contributed by atoms with Gasteiger partial charge in [0.15, 0.2) is 0 Å². The van der Waals surface area contributed by atoms with Crippen molar-refractivity contribution in [1.82, 2.24) is 0 Å². The Kier molecular flexibility index (Phi) is 4.57. The van der Waals surface area contributed by atoms with E-state index in [2.05, 4.69) is 42.5 Å². The molecule has 2 aromatic carbocycles. The molecule has 1 N–H and O–H groups in total. The highest BCUT2D eigenvalue weighted by molar-refractivity contribution is 5.82. The SMILES string of the molecule is OCCCCCCc1ccc2ccccc2c1. The highest BCUT2D eigenvalue weighted by Gasteiger charge is 1.96. The van der Waals surface area contributed by atoms with Crippen molar-refractivity contribution in [1.29, 1.82) is 0 Å². The normalized spacial score (nSPS) is 10.9. The van der Waals surface area contributed by atoms with Crippen molar-refractivity contribution in [3.05, 3.63) is 48.0 Å². The number of fused-ring (bicyclic) bond motifs is 1. The van der Waals surface area contributed by atoms with Crippen LogP contribution in [0, 0.1) is 0 Å². The summed E-state index contributed by atoms with van der Waals surface area (Å²) in [5, 5.41) is 11.4. The minimum atomic E-state index is 0.329. The van der Waals surface area contributed by atoms with Gasteiger partial charge < -0.3 is 5.11 Å². The largest absolute Gasteiger partial charge is 0.396 e. The van der Waals surface area contributed by atoms with Crippen molar-refractivity contribution in [2.45, 2.75) is 32.1 Å². The molecule has 0 atom stereocenters. The van der Waals surface area contributed by atoms with E-state index in [-0.39, 0.29) is 0 Å². The lowest BCUT2D eigenvalue weighted by Crippen LogP contribution is -1.88. The van der Waals surface area contributed by atoms with Crippen molar-refractivity contribution < 1.29 is 5.11 Å². The first kappa shape index (κ1) is 12.1. The lowest BCUT2D eigenvalue weighted by Gasteiger charge is -2.03. The molecule has 0 spiro atoms. The van der Waals surface area contributed by atoms with Crippen molar-refractivity contribution in [3.8, 4) is 0 Å². The smallest absolute Gasteiger partial charge is 0.0431 e. The average molecular weight is 228 g/mol. The fourth-order valence-corrected chi connectivity index (χ4v) is 2.19. The molecule has 0 saturated carbocycles. The molecule has 0 radical (unpaired) electrons. The quantitative estimate of drug-likeness (QED) is 0.743. The Labute approximate surface area is 103 Å². The molecule has 0 aliphatic heterocycles. The Morgan fingerprint density at radius 1 is 0.765 bits per heavy atom. The van der Waals surface area contributed by atoms with Gasteiger partial charge in [0.25, 0.3) is 0 Å². The summed E-state index contributed by atoms with van der Waals surface area (Å²) in [6.07, 6.45) is 5.67. The number of aliphatic hydroxyl groups is 1. The van der Waals surface area contributed by atoms with E-state index in [0.29, 0.717) is 6.61 Å². The minimum Gasteiger partial charge on any atom is -0.396 e.